The van der Waals surface area contributed by atoms with Crippen molar-refractivity contribution in [3.8, 4) is 35.0 Å². The standard InChI is InChI=1S/C31H28FN3O5S/c1-4-19-9-10-23-26(15-19)33-31-29(23)30(36)25-18-28(39-5-2)24(20-7-6-8-22(16-20)40-41(32,37)38)17-27(25)35(31)21-11-13-34(3)14-12-21/h1,6-10,15-18,21,33H,5,11-14H2,2-3H3. The van der Waals surface area contributed by atoms with Crippen molar-refractivity contribution in [1.82, 2.24) is 14.5 Å². The lowest BCUT2D eigenvalue weighted by atomic mass is 9.98. The van der Waals surface area contributed by atoms with Crippen molar-refractivity contribution in [2.24, 2.45) is 0 Å². The van der Waals surface area contributed by atoms with E-state index in [9.17, 15) is 17.1 Å². The van der Waals surface area contributed by atoms with Crippen molar-refractivity contribution < 1.29 is 21.2 Å². The summed E-state index contributed by atoms with van der Waals surface area (Å²) in [6.07, 6.45) is 7.42. The summed E-state index contributed by atoms with van der Waals surface area (Å²) in [7, 11) is -3.11. The maximum Gasteiger partial charge on any atom is 0.488 e. The van der Waals surface area contributed by atoms with E-state index in [0.717, 1.165) is 42.5 Å². The van der Waals surface area contributed by atoms with Crippen LogP contribution in [0.25, 0.3) is 44.0 Å². The number of likely N-dealkylation sites (tertiary alicyclic amines) is 1. The van der Waals surface area contributed by atoms with Crippen LogP contribution in [-0.2, 0) is 10.5 Å². The number of H-pyrrole nitrogens is 1. The monoisotopic (exact) mass is 573 g/mol. The Morgan fingerprint density at radius 3 is 2.59 bits per heavy atom. The van der Waals surface area contributed by atoms with E-state index in [2.05, 4.69) is 31.6 Å². The van der Waals surface area contributed by atoms with E-state index in [1.54, 1.807) is 18.2 Å². The number of terminal acetylenes is 1. The second-order valence-electron chi connectivity index (χ2n) is 10.3. The lowest BCUT2D eigenvalue weighted by Crippen LogP contribution is -2.32. The lowest BCUT2D eigenvalue weighted by molar-refractivity contribution is 0.226. The molecule has 3 heterocycles. The van der Waals surface area contributed by atoms with Gasteiger partial charge in [-0.2, -0.15) is 8.42 Å². The van der Waals surface area contributed by atoms with Crippen molar-refractivity contribution in [2.45, 2.75) is 25.8 Å². The number of aromatic nitrogens is 2. The quantitative estimate of drug-likeness (QED) is 0.212. The Balaban J connectivity index is 1.69. The zero-order chi connectivity index (χ0) is 28.9. The van der Waals surface area contributed by atoms with E-state index in [-0.39, 0.29) is 17.2 Å². The van der Waals surface area contributed by atoms with Crippen LogP contribution in [0.1, 0.15) is 31.4 Å². The van der Waals surface area contributed by atoms with Gasteiger partial charge in [0.25, 0.3) is 0 Å². The molecule has 41 heavy (non-hydrogen) atoms. The third-order valence-electron chi connectivity index (χ3n) is 7.71. The molecule has 1 aliphatic rings. The zero-order valence-electron chi connectivity index (χ0n) is 22.6. The number of rotatable bonds is 6. The minimum atomic E-state index is -5.20. The van der Waals surface area contributed by atoms with Crippen molar-refractivity contribution in [3.05, 3.63) is 70.4 Å². The highest BCUT2D eigenvalue weighted by atomic mass is 32.3. The summed E-state index contributed by atoms with van der Waals surface area (Å²) in [5.74, 6) is 2.94. The van der Waals surface area contributed by atoms with Crippen molar-refractivity contribution in [3.63, 3.8) is 0 Å². The molecular weight excluding hydrogens is 545 g/mol. The van der Waals surface area contributed by atoms with Crippen LogP contribution >= 0.6 is 0 Å². The van der Waals surface area contributed by atoms with Crippen molar-refractivity contribution >= 4 is 43.3 Å². The van der Waals surface area contributed by atoms with Crippen LogP contribution in [0.15, 0.2) is 59.4 Å². The number of benzene rings is 3. The number of piperidine rings is 1. The van der Waals surface area contributed by atoms with Crippen LogP contribution < -0.4 is 14.3 Å². The molecule has 1 saturated heterocycles. The summed E-state index contributed by atoms with van der Waals surface area (Å²) in [6.45, 7) is 3.98. The van der Waals surface area contributed by atoms with E-state index in [0.29, 0.717) is 45.3 Å². The number of aromatic amines is 1. The number of nitrogens with one attached hydrogen (secondary N) is 1. The largest absolute Gasteiger partial charge is 0.493 e. The molecule has 6 rings (SSSR count). The summed E-state index contributed by atoms with van der Waals surface area (Å²) in [5, 5.41) is 1.89. The van der Waals surface area contributed by atoms with Gasteiger partial charge in [-0.05, 0) is 81.9 Å². The molecule has 0 bridgehead atoms. The van der Waals surface area contributed by atoms with E-state index in [4.69, 9.17) is 11.2 Å². The van der Waals surface area contributed by atoms with Gasteiger partial charge in [0, 0.05) is 28.1 Å². The first-order chi connectivity index (χ1) is 19.7. The predicted octanol–water partition coefficient (Wildman–Crippen LogP) is 5.54. The first kappa shape index (κ1) is 26.9. The first-order valence-corrected chi connectivity index (χ1v) is 14.7. The molecule has 0 radical (unpaired) electrons. The molecule has 8 nitrogen and oxygen atoms in total. The fraction of sp³-hybridized carbons (Fsp3) is 0.258. The molecule has 3 aromatic carbocycles. The summed E-state index contributed by atoms with van der Waals surface area (Å²) in [5.41, 5.74) is 3.96. The highest BCUT2D eigenvalue weighted by Gasteiger charge is 2.26. The summed E-state index contributed by atoms with van der Waals surface area (Å²) in [4.78, 5) is 19.9. The number of hydrogen-bond acceptors (Lipinski definition) is 6. The molecule has 5 aromatic rings. The Labute approximate surface area is 236 Å². The molecule has 0 atom stereocenters. The Morgan fingerprint density at radius 2 is 1.88 bits per heavy atom. The average Bonchev–Trinajstić information content (AvgIpc) is 3.32. The average molecular weight is 574 g/mol. The van der Waals surface area contributed by atoms with Crippen molar-refractivity contribution in [1.29, 1.82) is 0 Å². The third-order valence-corrected chi connectivity index (χ3v) is 8.10. The van der Waals surface area contributed by atoms with Gasteiger partial charge in [0.1, 0.15) is 17.1 Å². The van der Waals surface area contributed by atoms with Gasteiger partial charge in [-0.3, -0.25) is 4.79 Å². The second-order valence-corrected chi connectivity index (χ2v) is 11.2. The number of halogens is 1. The second kappa shape index (κ2) is 10.3. The number of fused-ring (bicyclic) bond motifs is 4. The number of hydrogen-bond donors (Lipinski definition) is 1. The van der Waals surface area contributed by atoms with Gasteiger partial charge in [0.15, 0.2) is 5.43 Å². The summed E-state index contributed by atoms with van der Waals surface area (Å²) >= 11 is 0. The molecule has 0 saturated carbocycles. The van der Waals surface area contributed by atoms with Gasteiger partial charge in [-0.25, -0.2) is 0 Å². The van der Waals surface area contributed by atoms with Crippen LogP contribution in [0, 0.1) is 12.3 Å². The Kier molecular flexibility index (Phi) is 6.72. The molecule has 1 N–H and O–H groups in total. The Hall–Kier alpha value is -4.33. The van der Waals surface area contributed by atoms with Gasteiger partial charge in [0.2, 0.25) is 0 Å². The van der Waals surface area contributed by atoms with Crippen LogP contribution in [0.4, 0.5) is 3.89 Å². The molecule has 2 aromatic heterocycles. The fourth-order valence-corrected chi connectivity index (χ4v) is 6.19. The van der Waals surface area contributed by atoms with Crippen LogP contribution in [0.3, 0.4) is 0 Å². The Bertz CT molecular complexity index is 2030. The van der Waals surface area contributed by atoms with Gasteiger partial charge >= 0.3 is 10.5 Å². The number of pyridine rings is 1. The highest BCUT2D eigenvalue weighted by molar-refractivity contribution is 7.81. The van der Waals surface area contributed by atoms with Gasteiger partial charge in [0.05, 0.1) is 22.9 Å². The molecule has 0 amide bonds. The summed E-state index contributed by atoms with van der Waals surface area (Å²) < 4.78 is 48.3. The SMILES string of the molecule is C#Cc1ccc2c(c1)[nH]c1c2c(=O)c2cc(OCC)c(-c3cccc(OS(=O)(=O)F)c3)cc2n1C1CCN(C)CC1. The highest BCUT2D eigenvalue weighted by Crippen LogP contribution is 2.39. The minimum absolute atomic E-state index is 0.106. The van der Waals surface area contributed by atoms with Crippen molar-refractivity contribution in [2.75, 3.05) is 26.7 Å². The Morgan fingerprint density at radius 1 is 1.10 bits per heavy atom. The van der Waals surface area contributed by atoms with Crippen LogP contribution in [0.2, 0.25) is 0 Å². The molecular formula is C31H28FN3O5S. The minimum Gasteiger partial charge on any atom is -0.493 e. The molecule has 0 spiro atoms. The normalized spacial score (nSPS) is 15.0. The molecule has 10 heteroatoms. The summed E-state index contributed by atoms with van der Waals surface area (Å²) in [6, 6.07) is 15.5. The van der Waals surface area contributed by atoms with Gasteiger partial charge < -0.3 is 23.4 Å². The maximum absolute atomic E-state index is 14.2. The van der Waals surface area contributed by atoms with E-state index in [1.165, 1.54) is 12.1 Å². The molecule has 1 fully saturated rings. The first-order valence-electron chi connectivity index (χ1n) is 13.4. The van der Waals surface area contributed by atoms with Gasteiger partial charge in [-0.1, -0.05) is 28.0 Å². The van der Waals surface area contributed by atoms with Crippen LogP contribution in [0.5, 0.6) is 11.5 Å². The number of ether oxygens (including phenoxy) is 1. The molecule has 0 unspecified atom stereocenters. The topological polar surface area (TPSA) is 93.6 Å². The van der Waals surface area contributed by atoms with E-state index in [1.807, 2.05) is 31.2 Å². The predicted molar refractivity (Wildman–Crippen MR) is 159 cm³/mol. The van der Waals surface area contributed by atoms with Crippen LogP contribution in [-0.4, -0.2) is 49.6 Å². The smallest absolute Gasteiger partial charge is 0.488 e. The fourth-order valence-electron chi connectivity index (χ4n) is 5.85. The molecule has 210 valence electrons. The van der Waals surface area contributed by atoms with Gasteiger partial charge in [-0.15, -0.1) is 6.42 Å². The third kappa shape index (κ3) is 4.92. The lowest BCUT2D eigenvalue weighted by Gasteiger charge is -2.32. The van der Waals surface area contributed by atoms with E-state index < -0.39 is 10.5 Å². The zero-order valence-corrected chi connectivity index (χ0v) is 23.4. The molecule has 1 aliphatic heterocycles. The maximum atomic E-state index is 14.2. The molecule has 0 aliphatic carbocycles. The number of nitrogens with zero attached hydrogens (tertiary/aromatic N) is 2. The van der Waals surface area contributed by atoms with E-state index >= 15 is 0 Å².